The van der Waals surface area contributed by atoms with Gasteiger partial charge in [0.05, 0.1) is 18.1 Å². The van der Waals surface area contributed by atoms with Crippen LogP contribution in [0.3, 0.4) is 0 Å². The fourth-order valence-corrected chi connectivity index (χ4v) is 3.66. The van der Waals surface area contributed by atoms with Crippen molar-refractivity contribution >= 4 is 10.0 Å². The van der Waals surface area contributed by atoms with Gasteiger partial charge < -0.3 is 15.2 Å². The predicted molar refractivity (Wildman–Crippen MR) is 79.4 cm³/mol. The summed E-state index contributed by atoms with van der Waals surface area (Å²) in [5.41, 5.74) is 0.731. The summed E-state index contributed by atoms with van der Waals surface area (Å²) in [6, 6.07) is 7.22. The summed E-state index contributed by atoms with van der Waals surface area (Å²) in [5.74, 6) is 0. The first-order valence-corrected chi connectivity index (χ1v) is 8.46. The Kier molecular flexibility index (Phi) is 5.72. The fraction of sp³-hybridized carbons (Fsp3) is 0.571. The lowest BCUT2D eigenvalue weighted by Gasteiger charge is -2.19. The van der Waals surface area contributed by atoms with E-state index in [2.05, 4.69) is 5.32 Å². The van der Waals surface area contributed by atoms with Crippen molar-refractivity contribution in [2.24, 2.45) is 0 Å². The lowest BCUT2D eigenvalue weighted by molar-refractivity contribution is 0.190. The van der Waals surface area contributed by atoms with Crippen molar-refractivity contribution in [1.82, 2.24) is 9.62 Å². The van der Waals surface area contributed by atoms with Gasteiger partial charge in [0.1, 0.15) is 0 Å². The van der Waals surface area contributed by atoms with Gasteiger partial charge in [-0.05, 0) is 18.1 Å². The fourth-order valence-electron chi connectivity index (χ4n) is 2.28. The first kappa shape index (κ1) is 16.4. The number of hydrogen-bond donors (Lipinski definition) is 2. The van der Waals surface area contributed by atoms with Crippen molar-refractivity contribution in [3.05, 3.63) is 29.8 Å². The molecule has 1 aliphatic rings. The van der Waals surface area contributed by atoms with Crippen molar-refractivity contribution in [1.29, 1.82) is 0 Å². The van der Waals surface area contributed by atoms with Crippen molar-refractivity contribution in [2.75, 3.05) is 33.4 Å². The second kappa shape index (κ2) is 7.33. The van der Waals surface area contributed by atoms with Crippen LogP contribution in [0.5, 0.6) is 0 Å². The number of ether oxygens (including phenoxy) is 1. The van der Waals surface area contributed by atoms with Crippen LogP contribution < -0.4 is 5.32 Å². The molecule has 0 unspecified atom stereocenters. The zero-order valence-corrected chi connectivity index (χ0v) is 13.0. The molecule has 0 spiro atoms. The van der Waals surface area contributed by atoms with Crippen LogP contribution in [0.25, 0.3) is 0 Å². The molecule has 2 rings (SSSR count). The summed E-state index contributed by atoms with van der Waals surface area (Å²) in [6.07, 6.45) is 0.944. The molecule has 0 aliphatic carbocycles. The minimum Gasteiger partial charge on any atom is -0.395 e. The van der Waals surface area contributed by atoms with Crippen molar-refractivity contribution in [2.45, 2.75) is 23.9 Å². The lowest BCUT2D eigenvalue weighted by Crippen LogP contribution is -2.32. The zero-order chi connectivity index (χ0) is 15.3. The highest BCUT2D eigenvalue weighted by Gasteiger charge is 2.23. The van der Waals surface area contributed by atoms with Gasteiger partial charge in [-0.1, -0.05) is 18.2 Å². The third-order valence-electron chi connectivity index (χ3n) is 3.59. The quantitative estimate of drug-likeness (QED) is 0.750. The van der Waals surface area contributed by atoms with Gasteiger partial charge in [-0.3, -0.25) is 0 Å². The average Bonchev–Trinajstić information content (AvgIpc) is 2.99. The van der Waals surface area contributed by atoms with E-state index in [4.69, 9.17) is 9.84 Å². The van der Waals surface area contributed by atoms with Gasteiger partial charge >= 0.3 is 0 Å². The van der Waals surface area contributed by atoms with Crippen molar-refractivity contribution < 1.29 is 18.3 Å². The molecule has 1 heterocycles. The summed E-state index contributed by atoms with van der Waals surface area (Å²) in [6.45, 7) is 1.78. The number of hydrogen-bond acceptors (Lipinski definition) is 5. The van der Waals surface area contributed by atoms with E-state index < -0.39 is 10.0 Å². The van der Waals surface area contributed by atoms with Gasteiger partial charge in [-0.25, -0.2) is 8.42 Å². The molecule has 6 nitrogen and oxygen atoms in total. The van der Waals surface area contributed by atoms with E-state index in [1.165, 1.54) is 11.4 Å². The number of nitrogens with zero attached hydrogens (tertiary/aromatic N) is 1. The Balaban J connectivity index is 2.15. The van der Waals surface area contributed by atoms with Gasteiger partial charge in [0.2, 0.25) is 10.0 Å². The van der Waals surface area contributed by atoms with Gasteiger partial charge in [0.25, 0.3) is 0 Å². The maximum Gasteiger partial charge on any atom is 0.243 e. The topological polar surface area (TPSA) is 78.9 Å². The number of likely N-dealkylation sites (N-methyl/N-ethyl adjacent to an activating group) is 1. The minimum absolute atomic E-state index is 0.0839. The third-order valence-corrected chi connectivity index (χ3v) is 5.54. The second-order valence-corrected chi connectivity index (χ2v) is 7.11. The highest BCUT2D eigenvalue weighted by atomic mass is 32.2. The number of aliphatic hydroxyl groups is 1. The zero-order valence-electron chi connectivity index (χ0n) is 12.2. The molecule has 1 atom stereocenters. The monoisotopic (exact) mass is 314 g/mol. The van der Waals surface area contributed by atoms with Crippen LogP contribution in [0.4, 0.5) is 0 Å². The van der Waals surface area contributed by atoms with Gasteiger partial charge in [0, 0.05) is 32.8 Å². The first-order chi connectivity index (χ1) is 10.1. The van der Waals surface area contributed by atoms with Gasteiger partial charge in [-0.15, -0.1) is 0 Å². The van der Waals surface area contributed by atoms with E-state index in [9.17, 15) is 8.42 Å². The Labute approximate surface area is 125 Å². The summed E-state index contributed by atoms with van der Waals surface area (Å²) < 4.78 is 31.5. The molecule has 0 bridgehead atoms. The SMILES string of the molecule is CN(CCO)S(=O)(=O)c1ccccc1CN[C@H]1CCOC1. The van der Waals surface area contributed by atoms with Crippen molar-refractivity contribution in [3.63, 3.8) is 0 Å². The number of aliphatic hydroxyl groups excluding tert-OH is 1. The molecule has 0 saturated carbocycles. The molecule has 7 heteroatoms. The Hall–Kier alpha value is -0.990. The van der Waals surface area contributed by atoms with E-state index >= 15 is 0 Å². The van der Waals surface area contributed by atoms with Gasteiger partial charge in [-0.2, -0.15) is 4.31 Å². The van der Waals surface area contributed by atoms with E-state index in [0.29, 0.717) is 13.2 Å². The smallest absolute Gasteiger partial charge is 0.243 e. The highest BCUT2D eigenvalue weighted by Crippen LogP contribution is 2.19. The maximum atomic E-state index is 12.5. The van der Waals surface area contributed by atoms with E-state index in [1.54, 1.807) is 12.1 Å². The average molecular weight is 314 g/mol. The highest BCUT2D eigenvalue weighted by molar-refractivity contribution is 7.89. The third kappa shape index (κ3) is 4.02. The molecule has 118 valence electrons. The largest absolute Gasteiger partial charge is 0.395 e. The maximum absolute atomic E-state index is 12.5. The minimum atomic E-state index is -3.58. The molecule has 1 fully saturated rings. The molecule has 0 amide bonds. The van der Waals surface area contributed by atoms with Crippen LogP contribution in [-0.2, 0) is 21.3 Å². The molecule has 1 saturated heterocycles. The Morgan fingerprint density at radius 1 is 1.43 bits per heavy atom. The predicted octanol–water partition coefficient (Wildman–Crippen LogP) is 0.178. The second-order valence-electron chi connectivity index (χ2n) is 5.10. The molecule has 1 aliphatic heterocycles. The number of sulfonamides is 1. The molecule has 0 radical (unpaired) electrons. The molecule has 0 aromatic heterocycles. The van der Waals surface area contributed by atoms with Gasteiger partial charge in [0.15, 0.2) is 0 Å². The summed E-state index contributed by atoms with van der Waals surface area (Å²) in [7, 11) is -2.10. The lowest BCUT2D eigenvalue weighted by atomic mass is 10.2. The van der Waals surface area contributed by atoms with Crippen LogP contribution in [0.2, 0.25) is 0 Å². The summed E-state index contributed by atoms with van der Waals surface area (Å²) >= 11 is 0. The Bertz CT molecular complexity index is 556. The van der Waals surface area contributed by atoms with Crippen LogP contribution in [0.15, 0.2) is 29.2 Å². The van der Waals surface area contributed by atoms with E-state index in [0.717, 1.165) is 18.6 Å². The molecule has 1 aromatic carbocycles. The molecular weight excluding hydrogens is 292 g/mol. The summed E-state index contributed by atoms with van der Waals surface area (Å²) in [4.78, 5) is 0.285. The van der Waals surface area contributed by atoms with E-state index in [-0.39, 0.29) is 24.1 Å². The standard InChI is InChI=1S/C14H22N2O4S/c1-16(7-8-17)21(18,19)14-5-3-2-4-12(14)10-15-13-6-9-20-11-13/h2-5,13,15,17H,6-11H2,1H3/t13-/m0/s1. The molecular formula is C14H22N2O4S. The molecule has 2 N–H and O–H groups in total. The van der Waals surface area contributed by atoms with Crippen LogP contribution in [-0.4, -0.2) is 57.3 Å². The first-order valence-electron chi connectivity index (χ1n) is 7.02. The summed E-state index contributed by atoms with van der Waals surface area (Å²) in [5, 5.41) is 12.3. The Morgan fingerprint density at radius 3 is 2.86 bits per heavy atom. The van der Waals surface area contributed by atoms with Crippen LogP contribution in [0.1, 0.15) is 12.0 Å². The Morgan fingerprint density at radius 2 is 2.19 bits per heavy atom. The van der Waals surface area contributed by atoms with Crippen molar-refractivity contribution in [3.8, 4) is 0 Å². The van der Waals surface area contributed by atoms with Crippen LogP contribution in [0, 0.1) is 0 Å². The number of benzene rings is 1. The molecule has 1 aromatic rings. The molecule has 21 heavy (non-hydrogen) atoms. The number of rotatable bonds is 7. The normalized spacial score (nSPS) is 19.3. The van der Waals surface area contributed by atoms with E-state index in [1.807, 2.05) is 12.1 Å². The van der Waals surface area contributed by atoms with Crippen LogP contribution >= 0.6 is 0 Å². The number of nitrogens with one attached hydrogen (secondary N) is 1.